The molecule has 2 rings (SSSR count). The summed E-state index contributed by atoms with van der Waals surface area (Å²) in [4.78, 5) is -0.556. The van der Waals surface area contributed by atoms with Crippen LogP contribution in [0.25, 0.3) is 0 Å². The zero-order valence-corrected chi connectivity index (χ0v) is 12.3. The molecular formula is C11H13BrF2N2O2S. The molecule has 0 bridgehead atoms. The Hall–Kier alpha value is -0.570. The molecule has 1 aromatic carbocycles. The van der Waals surface area contributed by atoms with Crippen molar-refractivity contribution in [1.82, 2.24) is 10.0 Å². The Bertz CT molecular complexity index is 551. The zero-order valence-electron chi connectivity index (χ0n) is 9.92. The number of nitrogens with one attached hydrogen (secondary N) is 2. The van der Waals surface area contributed by atoms with Gasteiger partial charge in [-0.25, -0.2) is 21.9 Å². The maximum Gasteiger partial charge on any atom is 0.244 e. The topological polar surface area (TPSA) is 58.2 Å². The minimum absolute atomic E-state index is 0.124. The quantitative estimate of drug-likeness (QED) is 0.869. The summed E-state index contributed by atoms with van der Waals surface area (Å²) in [6.07, 6.45) is 1.53. The number of sulfonamides is 1. The molecule has 0 radical (unpaired) electrons. The van der Waals surface area contributed by atoms with E-state index in [1.165, 1.54) is 0 Å². The van der Waals surface area contributed by atoms with Crippen LogP contribution in [0.5, 0.6) is 0 Å². The molecular weight excluding hydrogens is 342 g/mol. The molecule has 1 aromatic rings. The van der Waals surface area contributed by atoms with E-state index in [4.69, 9.17) is 0 Å². The van der Waals surface area contributed by atoms with Crippen LogP contribution in [0.4, 0.5) is 8.78 Å². The van der Waals surface area contributed by atoms with Gasteiger partial charge in [0, 0.05) is 23.1 Å². The van der Waals surface area contributed by atoms with Crippen molar-refractivity contribution in [1.29, 1.82) is 0 Å². The maximum absolute atomic E-state index is 13.7. The third-order valence-corrected chi connectivity index (χ3v) is 5.33. The molecule has 1 aliphatic rings. The lowest BCUT2D eigenvalue weighted by molar-refractivity contribution is 0.427. The van der Waals surface area contributed by atoms with Crippen molar-refractivity contribution in [3.8, 4) is 0 Å². The summed E-state index contributed by atoms with van der Waals surface area (Å²) >= 11 is 2.88. The number of halogens is 3. The SMILES string of the molecule is O=S(=O)(NC1CCCNC1)c1c(F)cc(F)cc1Br. The van der Waals surface area contributed by atoms with Crippen molar-refractivity contribution < 1.29 is 17.2 Å². The van der Waals surface area contributed by atoms with Gasteiger partial charge in [-0.05, 0) is 41.4 Å². The van der Waals surface area contributed by atoms with Crippen LogP contribution < -0.4 is 10.0 Å². The van der Waals surface area contributed by atoms with Gasteiger partial charge in [0.1, 0.15) is 16.5 Å². The van der Waals surface area contributed by atoms with Crippen LogP contribution in [-0.4, -0.2) is 27.5 Å². The van der Waals surface area contributed by atoms with Crippen LogP contribution >= 0.6 is 15.9 Å². The minimum Gasteiger partial charge on any atom is -0.315 e. The fraction of sp³-hybridized carbons (Fsp3) is 0.455. The first-order valence-corrected chi connectivity index (χ1v) is 8.05. The van der Waals surface area contributed by atoms with Gasteiger partial charge in [0.05, 0.1) is 0 Å². The predicted octanol–water partition coefficient (Wildman–Crippen LogP) is 1.76. The first kappa shape index (κ1) is 14.8. The number of hydrogen-bond donors (Lipinski definition) is 2. The Kier molecular flexibility index (Phi) is 4.54. The Morgan fingerprint density at radius 3 is 2.68 bits per heavy atom. The highest BCUT2D eigenvalue weighted by Gasteiger charge is 2.27. The first-order valence-electron chi connectivity index (χ1n) is 5.78. The highest BCUT2D eigenvalue weighted by molar-refractivity contribution is 9.10. The van der Waals surface area contributed by atoms with Crippen molar-refractivity contribution in [2.75, 3.05) is 13.1 Å². The number of hydrogen-bond acceptors (Lipinski definition) is 3. The van der Waals surface area contributed by atoms with Gasteiger partial charge in [-0.3, -0.25) is 0 Å². The average Bonchev–Trinajstić information content (AvgIpc) is 2.27. The lowest BCUT2D eigenvalue weighted by Gasteiger charge is -2.24. The maximum atomic E-state index is 13.7. The molecule has 2 N–H and O–H groups in total. The summed E-state index contributed by atoms with van der Waals surface area (Å²) in [5, 5.41) is 3.05. The zero-order chi connectivity index (χ0) is 14.0. The van der Waals surface area contributed by atoms with E-state index in [1.54, 1.807) is 0 Å². The van der Waals surface area contributed by atoms with Crippen LogP contribution in [0.3, 0.4) is 0 Å². The van der Waals surface area contributed by atoms with E-state index in [0.717, 1.165) is 19.0 Å². The molecule has 0 aromatic heterocycles. The van der Waals surface area contributed by atoms with Gasteiger partial charge < -0.3 is 5.32 Å². The van der Waals surface area contributed by atoms with Crippen LogP contribution in [0.1, 0.15) is 12.8 Å². The summed E-state index contributed by atoms with van der Waals surface area (Å²) in [5.41, 5.74) is 0. The molecule has 19 heavy (non-hydrogen) atoms. The van der Waals surface area contributed by atoms with E-state index in [1.807, 2.05) is 0 Å². The van der Waals surface area contributed by atoms with Gasteiger partial charge in [0.2, 0.25) is 10.0 Å². The standard InChI is InChI=1S/C11H13BrF2N2O2S/c12-9-4-7(13)5-10(14)11(9)19(17,18)16-8-2-1-3-15-6-8/h4-5,8,15-16H,1-3,6H2. The van der Waals surface area contributed by atoms with E-state index in [9.17, 15) is 17.2 Å². The van der Waals surface area contributed by atoms with Crippen molar-refractivity contribution in [3.05, 3.63) is 28.2 Å². The van der Waals surface area contributed by atoms with Crippen molar-refractivity contribution in [2.24, 2.45) is 0 Å². The summed E-state index contributed by atoms with van der Waals surface area (Å²) in [6.45, 7) is 1.34. The Labute approximate surface area is 118 Å². The third kappa shape index (κ3) is 3.50. The number of rotatable bonds is 3. The van der Waals surface area contributed by atoms with Crippen molar-refractivity contribution in [2.45, 2.75) is 23.8 Å². The largest absolute Gasteiger partial charge is 0.315 e. The van der Waals surface area contributed by atoms with Crippen LogP contribution in [-0.2, 0) is 10.0 Å². The second-order valence-corrected chi connectivity index (χ2v) is 6.87. The molecule has 106 valence electrons. The summed E-state index contributed by atoms with van der Waals surface area (Å²) in [7, 11) is -4.02. The van der Waals surface area contributed by atoms with Crippen LogP contribution in [0, 0.1) is 11.6 Å². The van der Waals surface area contributed by atoms with E-state index in [-0.39, 0.29) is 10.5 Å². The molecule has 4 nitrogen and oxygen atoms in total. The van der Waals surface area contributed by atoms with Crippen LogP contribution in [0.15, 0.2) is 21.5 Å². The molecule has 1 aliphatic heterocycles. The van der Waals surface area contributed by atoms with Crippen molar-refractivity contribution in [3.63, 3.8) is 0 Å². The van der Waals surface area contributed by atoms with Gasteiger partial charge in [0.25, 0.3) is 0 Å². The fourth-order valence-electron chi connectivity index (χ4n) is 2.02. The van der Waals surface area contributed by atoms with E-state index in [0.29, 0.717) is 19.0 Å². The summed E-state index contributed by atoms with van der Waals surface area (Å²) < 4.78 is 53.2. The lowest BCUT2D eigenvalue weighted by Crippen LogP contribution is -2.45. The highest BCUT2D eigenvalue weighted by atomic mass is 79.9. The van der Waals surface area contributed by atoms with Gasteiger partial charge in [-0.15, -0.1) is 0 Å². The molecule has 1 heterocycles. The Morgan fingerprint density at radius 1 is 1.37 bits per heavy atom. The van der Waals surface area contributed by atoms with Gasteiger partial charge in [-0.2, -0.15) is 0 Å². The summed E-state index contributed by atoms with van der Waals surface area (Å²) in [6, 6.07) is 1.20. The normalized spacial score (nSPS) is 20.5. The minimum atomic E-state index is -4.02. The van der Waals surface area contributed by atoms with E-state index >= 15 is 0 Å². The molecule has 0 amide bonds. The average molecular weight is 355 g/mol. The summed E-state index contributed by atoms with van der Waals surface area (Å²) in [5.74, 6) is -1.94. The van der Waals surface area contributed by atoms with Gasteiger partial charge in [0.15, 0.2) is 0 Å². The lowest BCUT2D eigenvalue weighted by atomic mass is 10.1. The number of piperidine rings is 1. The van der Waals surface area contributed by atoms with Crippen LogP contribution in [0.2, 0.25) is 0 Å². The molecule has 1 fully saturated rings. The third-order valence-electron chi connectivity index (χ3n) is 2.85. The first-order chi connectivity index (χ1) is 8.90. The van der Waals surface area contributed by atoms with Crippen molar-refractivity contribution >= 4 is 26.0 Å². The van der Waals surface area contributed by atoms with Gasteiger partial charge >= 0.3 is 0 Å². The molecule has 0 spiro atoms. The molecule has 0 aliphatic carbocycles. The molecule has 1 unspecified atom stereocenters. The molecule has 1 atom stereocenters. The highest BCUT2D eigenvalue weighted by Crippen LogP contribution is 2.26. The Morgan fingerprint density at radius 2 is 2.11 bits per heavy atom. The van der Waals surface area contributed by atoms with Gasteiger partial charge in [-0.1, -0.05) is 0 Å². The molecule has 8 heteroatoms. The Balaban J connectivity index is 2.29. The fourth-order valence-corrected chi connectivity index (χ4v) is 4.45. The smallest absolute Gasteiger partial charge is 0.244 e. The molecule has 0 saturated carbocycles. The predicted molar refractivity (Wildman–Crippen MR) is 70.3 cm³/mol. The van der Waals surface area contributed by atoms with E-state index in [2.05, 4.69) is 26.0 Å². The van der Waals surface area contributed by atoms with E-state index < -0.39 is 26.6 Å². The second kappa shape index (κ2) is 5.82. The number of benzene rings is 1. The molecule has 1 saturated heterocycles. The second-order valence-electron chi connectivity index (χ2n) is 4.36. The monoisotopic (exact) mass is 354 g/mol.